The molecule has 0 aliphatic carbocycles. The van der Waals surface area contributed by atoms with E-state index in [1.807, 2.05) is 12.1 Å². The molecule has 0 aliphatic rings. The third-order valence-corrected chi connectivity index (χ3v) is 3.99. The van der Waals surface area contributed by atoms with Crippen LogP contribution in [0.4, 0.5) is 4.39 Å². The maximum atomic E-state index is 13.1. The van der Waals surface area contributed by atoms with E-state index in [0.29, 0.717) is 11.3 Å². The third kappa shape index (κ3) is 4.90. The van der Waals surface area contributed by atoms with Gasteiger partial charge in [-0.3, -0.25) is 14.9 Å². The highest BCUT2D eigenvalue weighted by Gasteiger charge is 2.27. The van der Waals surface area contributed by atoms with E-state index in [4.69, 9.17) is 4.74 Å². The van der Waals surface area contributed by atoms with Crippen molar-refractivity contribution in [3.05, 3.63) is 65.5 Å². The average Bonchev–Trinajstić information content (AvgIpc) is 2.68. The van der Waals surface area contributed by atoms with Crippen molar-refractivity contribution < 1.29 is 18.7 Å². The van der Waals surface area contributed by atoms with E-state index >= 15 is 0 Å². The van der Waals surface area contributed by atoms with E-state index in [0.717, 1.165) is 0 Å². The first-order valence-electron chi connectivity index (χ1n) is 8.02. The summed E-state index contributed by atoms with van der Waals surface area (Å²) in [5, 5.41) is 20.6. The SMILES string of the molecule is COc1ccccc1C(=O)NC(=O)C[C@@H](c1ccc(F)cc1)C(C#N)C#N. The highest BCUT2D eigenvalue weighted by molar-refractivity contribution is 6.06. The number of carbonyl (C=O) groups excluding carboxylic acids is 2. The maximum Gasteiger partial charge on any atom is 0.261 e. The number of imide groups is 1. The fourth-order valence-electron chi connectivity index (χ4n) is 2.62. The summed E-state index contributed by atoms with van der Waals surface area (Å²) in [6.07, 6.45) is -0.279. The van der Waals surface area contributed by atoms with E-state index in [1.165, 1.54) is 37.4 Å². The molecule has 2 amide bonds. The van der Waals surface area contributed by atoms with Crippen LogP contribution in [0.1, 0.15) is 28.3 Å². The molecule has 0 saturated heterocycles. The molecule has 0 bridgehead atoms. The maximum absolute atomic E-state index is 13.1. The molecule has 0 fully saturated rings. The fraction of sp³-hybridized carbons (Fsp3) is 0.200. The van der Waals surface area contributed by atoms with Gasteiger partial charge in [-0.05, 0) is 29.8 Å². The topological polar surface area (TPSA) is 103 Å². The lowest BCUT2D eigenvalue weighted by atomic mass is 9.85. The zero-order valence-corrected chi connectivity index (χ0v) is 14.5. The molecule has 0 aromatic heterocycles. The van der Waals surface area contributed by atoms with Crippen LogP contribution in [0, 0.1) is 34.4 Å². The van der Waals surface area contributed by atoms with Gasteiger partial charge in [0.05, 0.1) is 24.8 Å². The minimum atomic E-state index is -1.12. The number of methoxy groups -OCH3 is 1. The Balaban J connectivity index is 2.18. The van der Waals surface area contributed by atoms with Crippen LogP contribution in [0.3, 0.4) is 0 Å². The summed E-state index contributed by atoms with van der Waals surface area (Å²) in [7, 11) is 1.41. The van der Waals surface area contributed by atoms with Gasteiger partial charge in [0.1, 0.15) is 17.5 Å². The van der Waals surface area contributed by atoms with Crippen LogP contribution in [0.2, 0.25) is 0 Å². The molecule has 27 heavy (non-hydrogen) atoms. The Hall–Kier alpha value is -3.71. The number of amides is 2. The van der Waals surface area contributed by atoms with Crippen molar-refractivity contribution in [3.8, 4) is 17.9 Å². The number of benzene rings is 2. The minimum absolute atomic E-state index is 0.184. The molecule has 6 nitrogen and oxygen atoms in total. The lowest BCUT2D eigenvalue weighted by Gasteiger charge is -2.17. The molecule has 7 heteroatoms. The van der Waals surface area contributed by atoms with Crippen molar-refractivity contribution in [3.63, 3.8) is 0 Å². The van der Waals surface area contributed by atoms with Crippen LogP contribution < -0.4 is 10.1 Å². The highest BCUT2D eigenvalue weighted by Crippen LogP contribution is 2.28. The van der Waals surface area contributed by atoms with Gasteiger partial charge < -0.3 is 4.74 Å². The zero-order valence-electron chi connectivity index (χ0n) is 14.5. The molecule has 0 unspecified atom stereocenters. The molecule has 0 heterocycles. The second-order valence-electron chi connectivity index (χ2n) is 5.68. The van der Waals surface area contributed by atoms with Gasteiger partial charge in [0.25, 0.3) is 5.91 Å². The number of rotatable bonds is 6. The summed E-state index contributed by atoms with van der Waals surface area (Å²) in [6, 6.07) is 15.3. The normalized spacial score (nSPS) is 11.1. The molecule has 1 atom stereocenters. The summed E-state index contributed by atoms with van der Waals surface area (Å²) in [5.41, 5.74) is 0.646. The Morgan fingerprint density at radius 3 is 2.33 bits per heavy atom. The summed E-state index contributed by atoms with van der Waals surface area (Å²) >= 11 is 0. The van der Waals surface area contributed by atoms with E-state index in [2.05, 4.69) is 5.32 Å². The third-order valence-electron chi connectivity index (χ3n) is 3.99. The molecule has 0 saturated carbocycles. The summed E-state index contributed by atoms with van der Waals surface area (Å²) in [6.45, 7) is 0. The number of ether oxygens (including phenoxy) is 1. The van der Waals surface area contributed by atoms with Gasteiger partial charge in [0, 0.05) is 12.3 Å². The Morgan fingerprint density at radius 1 is 1.11 bits per heavy atom. The van der Waals surface area contributed by atoms with Crippen molar-refractivity contribution >= 4 is 11.8 Å². The van der Waals surface area contributed by atoms with Gasteiger partial charge in [-0.15, -0.1) is 0 Å². The van der Waals surface area contributed by atoms with Gasteiger partial charge in [-0.25, -0.2) is 4.39 Å². The van der Waals surface area contributed by atoms with E-state index in [-0.39, 0.29) is 12.0 Å². The fourth-order valence-corrected chi connectivity index (χ4v) is 2.62. The average molecular weight is 365 g/mol. The standard InChI is InChI=1S/C20H16FN3O3/c1-27-18-5-3-2-4-16(18)20(26)24-19(25)10-17(14(11-22)12-23)13-6-8-15(21)9-7-13/h2-9,14,17H,10H2,1H3,(H,24,25,26)/t17-/m0/s1. The van der Waals surface area contributed by atoms with E-state index in [9.17, 15) is 24.5 Å². The van der Waals surface area contributed by atoms with Crippen LogP contribution in [0.5, 0.6) is 5.75 Å². The quantitative estimate of drug-likeness (QED) is 0.848. The zero-order chi connectivity index (χ0) is 19.8. The van der Waals surface area contributed by atoms with Gasteiger partial charge in [0.2, 0.25) is 5.91 Å². The number of nitriles is 2. The highest BCUT2D eigenvalue weighted by atomic mass is 19.1. The first-order chi connectivity index (χ1) is 13.0. The number of hydrogen-bond acceptors (Lipinski definition) is 5. The number of halogens is 1. The second kappa shape index (κ2) is 9.12. The first-order valence-corrected chi connectivity index (χ1v) is 8.02. The lowest BCUT2D eigenvalue weighted by Crippen LogP contribution is -2.32. The van der Waals surface area contributed by atoms with Crippen molar-refractivity contribution in [1.29, 1.82) is 10.5 Å². The van der Waals surface area contributed by atoms with Crippen molar-refractivity contribution in [2.24, 2.45) is 5.92 Å². The van der Waals surface area contributed by atoms with Gasteiger partial charge in [-0.2, -0.15) is 10.5 Å². The molecular formula is C20H16FN3O3. The molecule has 0 spiro atoms. The van der Waals surface area contributed by atoms with Crippen LogP contribution in [-0.2, 0) is 4.79 Å². The summed E-state index contributed by atoms with van der Waals surface area (Å²) < 4.78 is 18.2. The number of carbonyl (C=O) groups is 2. The van der Waals surface area contributed by atoms with E-state index in [1.54, 1.807) is 18.2 Å². The minimum Gasteiger partial charge on any atom is -0.496 e. The Bertz CT molecular complexity index is 899. The molecule has 1 N–H and O–H groups in total. The van der Waals surface area contributed by atoms with Gasteiger partial charge in [-0.1, -0.05) is 24.3 Å². The molecule has 136 valence electrons. The number of nitrogens with zero attached hydrogens (tertiary/aromatic N) is 2. The number of para-hydroxylation sites is 1. The summed E-state index contributed by atoms with van der Waals surface area (Å²) in [5.74, 6) is -3.39. The van der Waals surface area contributed by atoms with Crippen molar-refractivity contribution in [2.75, 3.05) is 7.11 Å². The largest absolute Gasteiger partial charge is 0.496 e. The smallest absolute Gasteiger partial charge is 0.261 e. The van der Waals surface area contributed by atoms with E-state index < -0.39 is 29.5 Å². The Labute approximate surface area is 155 Å². The monoisotopic (exact) mass is 365 g/mol. The Morgan fingerprint density at radius 2 is 1.74 bits per heavy atom. The molecular weight excluding hydrogens is 349 g/mol. The van der Waals surface area contributed by atoms with Crippen molar-refractivity contribution in [2.45, 2.75) is 12.3 Å². The molecule has 2 aromatic carbocycles. The predicted octanol–water partition coefficient (Wildman–Crippen LogP) is 2.93. The Kier molecular flexibility index (Phi) is 6.62. The lowest BCUT2D eigenvalue weighted by molar-refractivity contribution is -0.120. The van der Waals surface area contributed by atoms with Gasteiger partial charge >= 0.3 is 0 Å². The molecule has 2 aromatic rings. The van der Waals surface area contributed by atoms with Crippen molar-refractivity contribution in [1.82, 2.24) is 5.32 Å². The summed E-state index contributed by atoms with van der Waals surface area (Å²) in [4.78, 5) is 24.7. The molecule has 2 rings (SSSR count). The van der Waals surface area contributed by atoms with Crippen LogP contribution in [0.25, 0.3) is 0 Å². The first kappa shape index (κ1) is 19.6. The van der Waals surface area contributed by atoms with Crippen LogP contribution in [-0.4, -0.2) is 18.9 Å². The van der Waals surface area contributed by atoms with Crippen LogP contribution in [0.15, 0.2) is 48.5 Å². The van der Waals surface area contributed by atoms with Gasteiger partial charge in [0.15, 0.2) is 0 Å². The predicted molar refractivity (Wildman–Crippen MR) is 93.9 cm³/mol. The molecule has 0 aliphatic heterocycles. The number of nitrogens with one attached hydrogen (secondary N) is 1. The second-order valence-corrected chi connectivity index (χ2v) is 5.68. The molecule has 0 radical (unpaired) electrons. The van der Waals surface area contributed by atoms with Crippen LogP contribution >= 0.6 is 0 Å². The number of hydrogen-bond donors (Lipinski definition) is 1.